The normalized spacial score (nSPS) is 11.1. The number of benzene rings is 1. The second-order valence-corrected chi connectivity index (χ2v) is 8.05. The van der Waals surface area contributed by atoms with Gasteiger partial charge in [0, 0.05) is 19.6 Å². The third-order valence-electron chi connectivity index (χ3n) is 5.18. The SMILES string of the molecule is CCCCn1c(N)c(N(CC)C(=O)CN(C)CCOc2cc(C)cc(C)c2)c(=O)[nH]c1=O. The predicted octanol–water partition coefficient (Wildman–Crippen LogP) is 1.90. The fourth-order valence-corrected chi connectivity index (χ4v) is 3.57. The van der Waals surface area contributed by atoms with Gasteiger partial charge in [0.15, 0.2) is 5.69 Å². The van der Waals surface area contributed by atoms with E-state index in [4.69, 9.17) is 10.5 Å². The van der Waals surface area contributed by atoms with Gasteiger partial charge in [0.05, 0.1) is 6.54 Å². The van der Waals surface area contributed by atoms with Crippen LogP contribution in [0.25, 0.3) is 0 Å². The third kappa shape index (κ3) is 6.46. The molecular weight excluding hydrogens is 410 g/mol. The van der Waals surface area contributed by atoms with E-state index in [2.05, 4.69) is 11.1 Å². The number of rotatable bonds is 11. The van der Waals surface area contributed by atoms with E-state index in [0.29, 0.717) is 19.7 Å². The van der Waals surface area contributed by atoms with E-state index in [1.807, 2.05) is 44.9 Å². The quantitative estimate of drug-likeness (QED) is 0.546. The van der Waals surface area contributed by atoms with E-state index in [1.165, 1.54) is 9.47 Å². The number of unbranched alkanes of at least 4 members (excludes halogenated alkanes) is 1. The van der Waals surface area contributed by atoms with Gasteiger partial charge in [-0.3, -0.25) is 24.0 Å². The summed E-state index contributed by atoms with van der Waals surface area (Å²) in [4.78, 5) is 43.1. The average Bonchev–Trinajstić information content (AvgIpc) is 2.70. The molecule has 0 saturated heterocycles. The van der Waals surface area contributed by atoms with Crippen LogP contribution >= 0.6 is 0 Å². The first-order valence-corrected chi connectivity index (χ1v) is 11.0. The Kier molecular flexibility index (Phi) is 9.07. The van der Waals surface area contributed by atoms with Crippen LogP contribution in [0.15, 0.2) is 27.8 Å². The summed E-state index contributed by atoms with van der Waals surface area (Å²) in [6.45, 7) is 9.46. The van der Waals surface area contributed by atoms with Crippen molar-refractivity contribution in [2.75, 3.05) is 43.9 Å². The first-order valence-electron chi connectivity index (χ1n) is 11.0. The molecule has 9 nitrogen and oxygen atoms in total. The van der Waals surface area contributed by atoms with Gasteiger partial charge in [-0.1, -0.05) is 19.4 Å². The predicted molar refractivity (Wildman–Crippen MR) is 128 cm³/mol. The largest absolute Gasteiger partial charge is 0.492 e. The number of carbonyl (C=O) groups is 1. The molecule has 9 heteroatoms. The summed E-state index contributed by atoms with van der Waals surface area (Å²) >= 11 is 0. The summed E-state index contributed by atoms with van der Waals surface area (Å²) in [6.07, 6.45) is 1.60. The molecule has 0 bridgehead atoms. The molecule has 2 aromatic rings. The Morgan fingerprint density at radius 2 is 1.81 bits per heavy atom. The van der Waals surface area contributed by atoms with Gasteiger partial charge in [-0.25, -0.2) is 4.79 Å². The molecule has 1 aromatic carbocycles. The number of ether oxygens (including phenoxy) is 1. The standard InChI is InChI=1S/C23H35N5O4/c1-6-8-9-28-21(24)20(22(30)25-23(28)31)27(7-2)19(29)15-26(5)10-11-32-18-13-16(3)12-17(4)14-18/h12-14H,6-11,15,24H2,1-5H3,(H,25,30,31). The molecule has 2 rings (SSSR count). The molecule has 1 aromatic heterocycles. The van der Waals surface area contributed by atoms with Gasteiger partial charge < -0.3 is 15.4 Å². The molecular formula is C23H35N5O4. The van der Waals surface area contributed by atoms with Crippen LogP contribution in [-0.2, 0) is 11.3 Å². The van der Waals surface area contributed by atoms with Crippen molar-refractivity contribution in [3.63, 3.8) is 0 Å². The maximum atomic E-state index is 13.0. The molecule has 0 aliphatic carbocycles. The van der Waals surface area contributed by atoms with Crippen molar-refractivity contribution in [2.24, 2.45) is 0 Å². The van der Waals surface area contributed by atoms with E-state index >= 15 is 0 Å². The van der Waals surface area contributed by atoms with Crippen LogP contribution in [0, 0.1) is 13.8 Å². The van der Waals surface area contributed by atoms with Crippen LogP contribution in [0.5, 0.6) is 5.75 Å². The van der Waals surface area contributed by atoms with Crippen molar-refractivity contribution >= 4 is 17.4 Å². The van der Waals surface area contributed by atoms with Gasteiger partial charge in [-0.05, 0) is 57.5 Å². The van der Waals surface area contributed by atoms with Crippen molar-refractivity contribution in [1.82, 2.24) is 14.5 Å². The highest BCUT2D eigenvalue weighted by molar-refractivity contribution is 5.96. The number of nitrogens with one attached hydrogen (secondary N) is 1. The fourth-order valence-electron chi connectivity index (χ4n) is 3.57. The van der Waals surface area contributed by atoms with Gasteiger partial charge in [-0.2, -0.15) is 0 Å². The Bertz CT molecular complexity index is 1020. The molecule has 176 valence electrons. The Morgan fingerprint density at radius 1 is 1.16 bits per heavy atom. The van der Waals surface area contributed by atoms with E-state index in [1.54, 1.807) is 6.92 Å². The molecule has 1 heterocycles. The number of nitrogen functional groups attached to an aromatic ring is 1. The minimum atomic E-state index is -0.656. The molecule has 0 radical (unpaired) electrons. The average molecular weight is 446 g/mol. The summed E-state index contributed by atoms with van der Waals surface area (Å²) in [6, 6.07) is 6.02. The zero-order valence-corrected chi connectivity index (χ0v) is 19.7. The number of aromatic amines is 1. The van der Waals surface area contributed by atoms with E-state index < -0.39 is 11.2 Å². The summed E-state index contributed by atoms with van der Waals surface area (Å²) in [5, 5.41) is 0. The molecule has 0 saturated carbocycles. The molecule has 0 spiro atoms. The second-order valence-electron chi connectivity index (χ2n) is 8.05. The Labute approximate surface area is 188 Å². The number of hydrogen-bond donors (Lipinski definition) is 2. The third-order valence-corrected chi connectivity index (χ3v) is 5.18. The van der Waals surface area contributed by atoms with Gasteiger partial charge in [0.1, 0.15) is 18.2 Å². The van der Waals surface area contributed by atoms with E-state index in [-0.39, 0.29) is 30.5 Å². The highest BCUT2D eigenvalue weighted by Crippen LogP contribution is 2.18. The summed E-state index contributed by atoms with van der Waals surface area (Å²) in [5.41, 5.74) is 7.22. The maximum absolute atomic E-state index is 13.0. The highest BCUT2D eigenvalue weighted by atomic mass is 16.5. The number of hydrogen-bond acceptors (Lipinski definition) is 6. The summed E-state index contributed by atoms with van der Waals surface area (Å²) < 4.78 is 7.13. The highest BCUT2D eigenvalue weighted by Gasteiger charge is 2.23. The second kappa shape index (κ2) is 11.5. The zero-order valence-electron chi connectivity index (χ0n) is 19.7. The van der Waals surface area contributed by atoms with Gasteiger partial charge >= 0.3 is 5.69 Å². The Hall–Kier alpha value is -3.07. The number of H-pyrrole nitrogens is 1. The number of aryl methyl sites for hydroxylation is 2. The molecule has 0 atom stereocenters. The minimum Gasteiger partial charge on any atom is -0.492 e. The number of anilines is 2. The lowest BCUT2D eigenvalue weighted by molar-refractivity contribution is -0.119. The van der Waals surface area contributed by atoms with Crippen molar-refractivity contribution in [3.05, 3.63) is 50.2 Å². The van der Waals surface area contributed by atoms with E-state index in [9.17, 15) is 14.4 Å². The number of likely N-dealkylation sites (N-methyl/N-ethyl adjacent to an activating group) is 2. The summed E-state index contributed by atoms with van der Waals surface area (Å²) in [5.74, 6) is 0.536. The molecule has 32 heavy (non-hydrogen) atoms. The molecule has 0 aliphatic rings. The number of nitrogens with zero attached hydrogens (tertiary/aromatic N) is 3. The lowest BCUT2D eigenvalue weighted by atomic mass is 10.1. The van der Waals surface area contributed by atoms with Crippen LogP contribution in [0.1, 0.15) is 37.8 Å². The van der Waals surface area contributed by atoms with Gasteiger partial charge in [0.2, 0.25) is 5.91 Å². The first kappa shape index (κ1) is 25.2. The molecule has 0 aliphatic heterocycles. The first-order chi connectivity index (χ1) is 15.2. The fraction of sp³-hybridized carbons (Fsp3) is 0.522. The van der Waals surface area contributed by atoms with Crippen LogP contribution in [0.3, 0.4) is 0 Å². The Morgan fingerprint density at radius 3 is 2.41 bits per heavy atom. The van der Waals surface area contributed by atoms with Crippen LogP contribution in [0.4, 0.5) is 11.5 Å². The zero-order chi connectivity index (χ0) is 23.8. The van der Waals surface area contributed by atoms with Gasteiger partial charge in [0.25, 0.3) is 5.56 Å². The lowest BCUT2D eigenvalue weighted by Gasteiger charge is -2.25. The van der Waals surface area contributed by atoms with Crippen molar-refractivity contribution < 1.29 is 9.53 Å². The smallest absolute Gasteiger partial charge is 0.330 e. The molecule has 0 unspecified atom stereocenters. The summed E-state index contributed by atoms with van der Waals surface area (Å²) in [7, 11) is 1.81. The minimum absolute atomic E-state index is 0.0169. The monoisotopic (exact) mass is 445 g/mol. The van der Waals surface area contributed by atoms with Crippen molar-refractivity contribution in [1.29, 1.82) is 0 Å². The molecule has 3 N–H and O–H groups in total. The van der Waals surface area contributed by atoms with Crippen molar-refractivity contribution in [2.45, 2.75) is 47.1 Å². The lowest BCUT2D eigenvalue weighted by Crippen LogP contribution is -2.45. The molecule has 1 amide bonds. The Balaban J connectivity index is 2.07. The van der Waals surface area contributed by atoms with Crippen LogP contribution < -0.4 is 26.6 Å². The number of nitrogens with two attached hydrogens (primary N) is 1. The van der Waals surface area contributed by atoms with Crippen LogP contribution in [0.2, 0.25) is 0 Å². The van der Waals surface area contributed by atoms with Crippen LogP contribution in [-0.4, -0.2) is 53.6 Å². The number of amides is 1. The topological polar surface area (TPSA) is 114 Å². The maximum Gasteiger partial charge on any atom is 0.330 e. The van der Waals surface area contributed by atoms with E-state index in [0.717, 1.165) is 29.7 Å². The number of aromatic nitrogens is 2. The molecule has 0 fully saturated rings. The van der Waals surface area contributed by atoms with Crippen molar-refractivity contribution in [3.8, 4) is 5.75 Å². The van der Waals surface area contributed by atoms with Gasteiger partial charge in [-0.15, -0.1) is 0 Å². The number of carbonyl (C=O) groups excluding carboxylic acids is 1.